The van der Waals surface area contributed by atoms with Crippen LogP contribution in [0.5, 0.6) is 0 Å². The number of ether oxygens (including phenoxy) is 1. The predicted octanol–water partition coefficient (Wildman–Crippen LogP) is 3.37. The van der Waals surface area contributed by atoms with Crippen LogP contribution in [0, 0.1) is 12.8 Å². The van der Waals surface area contributed by atoms with Crippen molar-refractivity contribution < 1.29 is 9.53 Å². The van der Waals surface area contributed by atoms with Crippen molar-refractivity contribution in [2.75, 3.05) is 37.7 Å². The normalized spacial score (nSPS) is 22.0. The lowest BCUT2D eigenvalue weighted by Gasteiger charge is -2.47. The van der Waals surface area contributed by atoms with Crippen LogP contribution in [0.4, 0.5) is 5.82 Å². The average molecular weight is 387 g/mol. The molecule has 2 unspecified atom stereocenters. The van der Waals surface area contributed by atoms with Crippen LogP contribution in [-0.2, 0) is 9.53 Å². The van der Waals surface area contributed by atoms with Gasteiger partial charge in [0.05, 0.1) is 0 Å². The monoisotopic (exact) mass is 386 g/mol. The molecular weight excluding hydrogens is 352 g/mol. The van der Waals surface area contributed by atoms with E-state index in [9.17, 15) is 4.79 Å². The number of aryl methyl sites for hydroxylation is 1. The summed E-state index contributed by atoms with van der Waals surface area (Å²) in [7, 11) is 0. The Bertz CT molecular complexity index is 651. The number of rotatable bonds is 9. The number of unbranched alkanes of at least 4 members (excludes halogenated alkanes) is 1. The van der Waals surface area contributed by atoms with E-state index in [1.54, 1.807) is 6.33 Å². The summed E-state index contributed by atoms with van der Waals surface area (Å²) in [5, 5.41) is 0. The first-order chi connectivity index (χ1) is 13.7. The highest BCUT2D eigenvalue weighted by Crippen LogP contribution is 2.32. The molecule has 1 amide bonds. The first kappa shape index (κ1) is 20.8. The molecule has 2 fully saturated rings. The summed E-state index contributed by atoms with van der Waals surface area (Å²) in [6.07, 6.45) is 10.2. The largest absolute Gasteiger partial charge is 0.381 e. The molecule has 0 radical (unpaired) electrons. The van der Waals surface area contributed by atoms with Crippen LogP contribution in [0.3, 0.4) is 0 Å². The maximum Gasteiger partial charge on any atom is 0.222 e. The van der Waals surface area contributed by atoms with Crippen LogP contribution in [0.15, 0.2) is 25.0 Å². The SMILES string of the molecule is C=CCCOCCCCC(=O)N1CCCC2CN(c3cc(C)ncn3)CCC21. The molecule has 2 atom stereocenters. The van der Waals surface area contributed by atoms with E-state index in [0.717, 1.165) is 76.5 Å². The van der Waals surface area contributed by atoms with Gasteiger partial charge in [0.1, 0.15) is 12.1 Å². The van der Waals surface area contributed by atoms with Crippen LogP contribution < -0.4 is 4.90 Å². The van der Waals surface area contributed by atoms with Crippen molar-refractivity contribution in [3.8, 4) is 0 Å². The molecule has 2 aliphatic rings. The number of nitrogens with zero attached hydrogens (tertiary/aromatic N) is 4. The second-order valence-electron chi connectivity index (χ2n) is 7.96. The number of hydrogen-bond donors (Lipinski definition) is 0. The third kappa shape index (κ3) is 5.53. The molecule has 2 aliphatic heterocycles. The van der Waals surface area contributed by atoms with Gasteiger partial charge >= 0.3 is 0 Å². The van der Waals surface area contributed by atoms with E-state index in [0.29, 0.717) is 24.3 Å². The molecule has 6 nitrogen and oxygen atoms in total. The van der Waals surface area contributed by atoms with Gasteiger partial charge in [-0.25, -0.2) is 9.97 Å². The number of amides is 1. The van der Waals surface area contributed by atoms with Gasteiger partial charge in [0, 0.05) is 57.1 Å². The number of anilines is 1. The van der Waals surface area contributed by atoms with Crippen LogP contribution in [0.1, 0.15) is 50.6 Å². The zero-order valence-electron chi connectivity index (χ0n) is 17.2. The lowest BCUT2D eigenvalue weighted by atomic mass is 9.83. The van der Waals surface area contributed by atoms with Gasteiger partial charge in [-0.05, 0) is 51.4 Å². The fourth-order valence-electron chi connectivity index (χ4n) is 4.43. The number of carbonyl (C=O) groups excluding carboxylic acids is 1. The fourth-order valence-corrected chi connectivity index (χ4v) is 4.43. The number of hydrogen-bond acceptors (Lipinski definition) is 5. The van der Waals surface area contributed by atoms with Gasteiger partial charge in [-0.1, -0.05) is 6.08 Å². The van der Waals surface area contributed by atoms with Crippen molar-refractivity contribution in [1.82, 2.24) is 14.9 Å². The molecule has 0 aliphatic carbocycles. The van der Waals surface area contributed by atoms with Gasteiger partial charge < -0.3 is 14.5 Å². The Balaban J connectivity index is 1.46. The molecular formula is C22H34N4O2. The maximum absolute atomic E-state index is 12.8. The lowest BCUT2D eigenvalue weighted by Crippen LogP contribution is -2.56. The Morgan fingerprint density at radius 2 is 2.18 bits per heavy atom. The molecule has 28 heavy (non-hydrogen) atoms. The van der Waals surface area contributed by atoms with Crippen molar-refractivity contribution >= 4 is 11.7 Å². The van der Waals surface area contributed by atoms with E-state index in [2.05, 4.69) is 32.4 Å². The summed E-state index contributed by atoms with van der Waals surface area (Å²) >= 11 is 0. The van der Waals surface area contributed by atoms with Gasteiger partial charge in [-0.3, -0.25) is 4.79 Å². The summed E-state index contributed by atoms with van der Waals surface area (Å²) in [6, 6.07) is 2.45. The quantitative estimate of drug-likeness (QED) is 0.481. The van der Waals surface area contributed by atoms with E-state index < -0.39 is 0 Å². The van der Waals surface area contributed by atoms with Crippen molar-refractivity contribution in [3.63, 3.8) is 0 Å². The van der Waals surface area contributed by atoms with Gasteiger partial charge in [0.25, 0.3) is 0 Å². The van der Waals surface area contributed by atoms with Gasteiger partial charge in [-0.2, -0.15) is 0 Å². The molecule has 0 bridgehead atoms. The van der Waals surface area contributed by atoms with Crippen molar-refractivity contribution in [2.24, 2.45) is 5.92 Å². The number of likely N-dealkylation sites (tertiary alicyclic amines) is 1. The molecule has 1 aromatic heterocycles. The number of piperidine rings is 2. The van der Waals surface area contributed by atoms with E-state index in [1.165, 1.54) is 6.42 Å². The summed E-state index contributed by atoms with van der Waals surface area (Å²) in [5.41, 5.74) is 1.00. The Labute approximate surface area is 169 Å². The van der Waals surface area contributed by atoms with Gasteiger partial charge in [0.2, 0.25) is 5.91 Å². The highest BCUT2D eigenvalue weighted by Gasteiger charge is 2.38. The Morgan fingerprint density at radius 3 is 3.00 bits per heavy atom. The summed E-state index contributed by atoms with van der Waals surface area (Å²) in [6.45, 7) is 10.0. The third-order valence-electron chi connectivity index (χ3n) is 5.90. The molecule has 0 aromatic carbocycles. The Kier molecular flexibility index (Phi) is 7.83. The van der Waals surface area contributed by atoms with Crippen LogP contribution in [0.2, 0.25) is 0 Å². The second kappa shape index (κ2) is 10.6. The summed E-state index contributed by atoms with van der Waals surface area (Å²) in [5.74, 6) is 1.89. The Hall–Kier alpha value is -1.95. The maximum atomic E-state index is 12.8. The van der Waals surface area contributed by atoms with E-state index in [4.69, 9.17) is 4.74 Å². The van der Waals surface area contributed by atoms with Crippen molar-refractivity contribution in [3.05, 3.63) is 30.7 Å². The second-order valence-corrected chi connectivity index (χ2v) is 7.96. The highest BCUT2D eigenvalue weighted by molar-refractivity contribution is 5.76. The number of fused-ring (bicyclic) bond motifs is 1. The molecule has 3 heterocycles. The molecule has 6 heteroatoms. The minimum absolute atomic E-state index is 0.326. The number of aromatic nitrogens is 2. The standard InChI is InChI=1S/C22H34N4O2/c1-3-4-13-28-14-6-5-9-22(27)26-11-7-8-19-16-25(12-10-20(19)26)21-15-18(2)23-17-24-21/h3,15,17,19-20H,1,4-14,16H2,2H3. The molecule has 0 saturated carbocycles. The third-order valence-corrected chi connectivity index (χ3v) is 5.90. The first-order valence-corrected chi connectivity index (χ1v) is 10.7. The van der Waals surface area contributed by atoms with Crippen LogP contribution in [-0.4, -0.2) is 59.7 Å². The first-order valence-electron chi connectivity index (χ1n) is 10.7. The molecule has 0 N–H and O–H groups in total. The molecule has 3 rings (SSSR count). The average Bonchev–Trinajstić information content (AvgIpc) is 2.72. The Morgan fingerprint density at radius 1 is 1.29 bits per heavy atom. The lowest BCUT2D eigenvalue weighted by molar-refractivity contribution is -0.137. The summed E-state index contributed by atoms with van der Waals surface area (Å²) < 4.78 is 5.54. The van der Waals surface area contributed by atoms with E-state index in [-0.39, 0.29) is 0 Å². The van der Waals surface area contributed by atoms with Crippen LogP contribution >= 0.6 is 0 Å². The van der Waals surface area contributed by atoms with E-state index in [1.807, 2.05) is 13.0 Å². The fraction of sp³-hybridized carbons (Fsp3) is 0.682. The minimum atomic E-state index is 0.326. The number of carbonyl (C=O) groups is 1. The molecule has 1 aromatic rings. The van der Waals surface area contributed by atoms with Crippen LogP contribution in [0.25, 0.3) is 0 Å². The van der Waals surface area contributed by atoms with E-state index >= 15 is 0 Å². The highest BCUT2D eigenvalue weighted by atomic mass is 16.5. The molecule has 154 valence electrons. The minimum Gasteiger partial charge on any atom is -0.381 e. The van der Waals surface area contributed by atoms with Gasteiger partial charge in [-0.15, -0.1) is 6.58 Å². The summed E-state index contributed by atoms with van der Waals surface area (Å²) in [4.78, 5) is 26.0. The topological polar surface area (TPSA) is 58.6 Å². The molecule has 2 saturated heterocycles. The van der Waals surface area contributed by atoms with Gasteiger partial charge in [0.15, 0.2) is 0 Å². The van der Waals surface area contributed by atoms with Crippen molar-refractivity contribution in [2.45, 2.75) is 57.9 Å². The van der Waals surface area contributed by atoms with Crippen molar-refractivity contribution in [1.29, 1.82) is 0 Å². The molecule has 0 spiro atoms. The zero-order valence-corrected chi connectivity index (χ0v) is 17.2. The zero-order chi connectivity index (χ0) is 19.8. The predicted molar refractivity (Wildman–Crippen MR) is 111 cm³/mol. The smallest absolute Gasteiger partial charge is 0.222 e.